The monoisotopic (exact) mass is 245 g/mol. The Balaban J connectivity index is 1.97. The molecule has 2 atom stereocenters. The molecule has 2 aliphatic rings. The maximum atomic E-state index is 3.66. The number of alkyl halides is 1. The lowest BCUT2D eigenvalue weighted by Gasteiger charge is -2.30. The Morgan fingerprint density at radius 2 is 1.92 bits per heavy atom. The molecule has 0 spiro atoms. The first-order valence-electron chi connectivity index (χ1n) is 5.64. The largest absolute Gasteiger partial charge is 0.296 e. The predicted molar refractivity (Wildman–Crippen MR) is 60.3 cm³/mol. The lowest BCUT2D eigenvalue weighted by Crippen LogP contribution is -2.40. The molecule has 0 radical (unpaired) electrons. The van der Waals surface area contributed by atoms with Gasteiger partial charge in [0.2, 0.25) is 0 Å². The maximum absolute atomic E-state index is 3.66. The Morgan fingerprint density at radius 1 is 1.23 bits per heavy atom. The molecule has 1 aliphatic heterocycles. The maximum Gasteiger partial charge on any atom is 0.0221 e. The molecule has 2 unspecified atom stereocenters. The van der Waals surface area contributed by atoms with Gasteiger partial charge in [0.05, 0.1) is 0 Å². The van der Waals surface area contributed by atoms with Gasteiger partial charge in [-0.05, 0) is 31.7 Å². The minimum atomic E-state index is 0.822. The van der Waals surface area contributed by atoms with Gasteiger partial charge in [-0.25, -0.2) is 0 Å². The van der Waals surface area contributed by atoms with Crippen LogP contribution in [0, 0.1) is 5.92 Å². The molecule has 0 aromatic rings. The molecule has 0 amide bonds. The molecule has 0 aromatic carbocycles. The molecule has 1 saturated carbocycles. The summed E-state index contributed by atoms with van der Waals surface area (Å²) in [6.45, 7) is 3.75. The van der Waals surface area contributed by atoms with E-state index in [-0.39, 0.29) is 0 Å². The van der Waals surface area contributed by atoms with Gasteiger partial charge in [-0.3, -0.25) is 4.90 Å². The van der Waals surface area contributed by atoms with E-state index in [4.69, 9.17) is 0 Å². The highest BCUT2D eigenvalue weighted by Gasteiger charge is 2.35. The number of rotatable bonds is 2. The van der Waals surface area contributed by atoms with Crippen LogP contribution in [0.2, 0.25) is 0 Å². The van der Waals surface area contributed by atoms with Crippen molar-refractivity contribution in [2.45, 2.75) is 51.1 Å². The third-order valence-corrected chi connectivity index (χ3v) is 4.54. The SMILES string of the molecule is CC1CCN(C2CCCC2)C1CBr. The van der Waals surface area contributed by atoms with Gasteiger partial charge in [0.1, 0.15) is 0 Å². The fourth-order valence-electron chi connectivity index (χ4n) is 2.97. The molecule has 1 aliphatic carbocycles. The van der Waals surface area contributed by atoms with Crippen LogP contribution in [0.15, 0.2) is 0 Å². The molecule has 1 nitrogen and oxygen atoms in total. The molecular formula is C11H20BrN. The number of hydrogen-bond donors (Lipinski definition) is 0. The summed E-state index contributed by atoms with van der Waals surface area (Å²) in [6, 6.07) is 1.75. The Labute approximate surface area is 90.0 Å². The molecule has 1 saturated heterocycles. The predicted octanol–water partition coefficient (Wildman–Crippen LogP) is 3.03. The zero-order valence-corrected chi connectivity index (χ0v) is 10.1. The molecule has 0 aromatic heterocycles. The molecule has 76 valence electrons. The number of hydrogen-bond acceptors (Lipinski definition) is 1. The van der Waals surface area contributed by atoms with Crippen molar-refractivity contribution in [1.29, 1.82) is 0 Å². The van der Waals surface area contributed by atoms with Crippen LogP contribution in [-0.2, 0) is 0 Å². The fraction of sp³-hybridized carbons (Fsp3) is 1.00. The lowest BCUT2D eigenvalue weighted by molar-refractivity contribution is 0.182. The van der Waals surface area contributed by atoms with Crippen LogP contribution in [0.4, 0.5) is 0 Å². The molecular weight excluding hydrogens is 226 g/mol. The number of likely N-dealkylation sites (tertiary alicyclic amines) is 1. The van der Waals surface area contributed by atoms with Gasteiger partial charge in [0.15, 0.2) is 0 Å². The summed E-state index contributed by atoms with van der Waals surface area (Å²) in [5.74, 6) is 0.903. The van der Waals surface area contributed by atoms with E-state index in [2.05, 4.69) is 27.8 Å². The van der Waals surface area contributed by atoms with Crippen LogP contribution < -0.4 is 0 Å². The summed E-state index contributed by atoms with van der Waals surface area (Å²) in [5.41, 5.74) is 0. The van der Waals surface area contributed by atoms with Gasteiger partial charge in [0.25, 0.3) is 0 Å². The summed E-state index contributed by atoms with van der Waals surface area (Å²) in [5, 5.41) is 1.17. The summed E-state index contributed by atoms with van der Waals surface area (Å²) < 4.78 is 0. The van der Waals surface area contributed by atoms with Gasteiger partial charge in [-0.15, -0.1) is 0 Å². The Bertz CT molecular complexity index is 165. The highest BCUT2D eigenvalue weighted by molar-refractivity contribution is 9.09. The van der Waals surface area contributed by atoms with Gasteiger partial charge in [-0.2, -0.15) is 0 Å². The third-order valence-electron chi connectivity index (χ3n) is 3.88. The number of halogens is 1. The molecule has 1 heterocycles. The molecule has 0 N–H and O–H groups in total. The van der Waals surface area contributed by atoms with Crippen LogP contribution in [0.5, 0.6) is 0 Å². The van der Waals surface area contributed by atoms with Crippen molar-refractivity contribution in [1.82, 2.24) is 4.90 Å². The Kier molecular flexibility index (Phi) is 3.31. The van der Waals surface area contributed by atoms with Crippen molar-refractivity contribution < 1.29 is 0 Å². The minimum Gasteiger partial charge on any atom is -0.296 e. The Hall–Kier alpha value is 0.440. The second kappa shape index (κ2) is 4.31. The van der Waals surface area contributed by atoms with E-state index in [0.29, 0.717) is 0 Å². The van der Waals surface area contributed by atoms with Crippen molar-refractivity contribution in [3.8, 4) is 0 Å². The first kappa shape index (κ1) is 9.97. The summed E-state index contributed by atoms with van der Waals surface area (Å²) >= 11 is 3.66. The third kappa shape index (κ3) is 1.94. The van der Waals surface area contributed by atoms with Gasteiger partial charge in [-0.1, -0.05) is 35.7 Å². The second-order valence-corrected chi connectivity index (χ2v) is 5.31. The van der Waals surface area contributed by atoms with Crippen molar-refractivity contribution in [3.63, 3.8) is 0 Å². The second-order valence-electron chi connectivity index (χ2n) is 4.66. The molecule has 2 fully saturated rings. The van der Waals surface area contributed by atoms with Crippen molar-refractivity contribution in [2.24, 2.45) is 5.92 Å². The van der Waals surface area contributed by atoms with Gasteiger partial charge < -0.3 is 0 Å². The normalized spacial score (nSPS) is 37.4. The highest BCUT2D eigenvalue weighted by Crippen LogP contribution is 2.33. The number of nitrogens with zero attached hydrogens (tertiary/aromatic N) is 1. The van der Waals surface area contributed by atoms with Crippen molar-refractivity contribution in [3.05, 3.63) is 0 Å². The van der Waals surface area contributed by atoms with Crippen LogP contribution in [0.25, 0.3) is 0 Å². The average Bonchev–Trinajstić information content (AvgIpc) is 2.71. The van der Waals surface area contributed by atoms with Crippen LogP contribution >= 0.6 is 15.9 Å². The first-order valence-corrected chi connectivity index (χ1v) is 6.77. The summed E-state index contributed by atoms with van der Waals surface area (Å²) in [7, 11) is 0. The van der Waals surface area contributed by atoms with Crippen LogP contribution in [0.1, 0.15) is 39.0 Å². The smallest absolute Gasteiger partial charge is 0.0221 e. The average molecular weight is 246 g/mol. The zero-order chi connectivity index (χ0) is 9.26. The van der Waals surface area contributed by atoms with E-state index < -0.39 is 0 Å². The van der Waals surface area contributed by atoms with Crippen LogP contribution in [-0.4, -0.2) is 28.9 Å². The first-order chi connectivity index (χ1) is 6.33. The van der Waals surface area contributed by atoms with Gasteiger partial charge >= 0.3 is 0 Å². The van der Waals surface area contributed by atoms with E-state index in [0.717, 1.165) is 18.0 Å². The highest BCUT2D eigenvalue weighted by atomic mass is 79.9. The minimum absolute atomic E-state index is 0.822. The standard InChI is InChI=1S/C11H20BrN/c1-9-6-7-13(11(9)8-12)10-4-2-3-5-10/h9-11H,2-8H2,1H3. The summed E-state index contributed by atoms with van der Waals surface area (Å²) in [6.07, 6.45) is 7.24. The molecule has 2 heteroatoms. The van der Waals surface area contributed by atoms with E-state index >= 15 is 0 Å². The quantitative estimate of drug-likeness (QED) is 0.677. The molecule has 13 heavy (non-hydrogen) atoms. The van der Waals surface area contributed by atoms with E-state index in [1.54, 1.807) is 0 Å². The van der Waals surface area contributed by atoms with Crippen molar-refractivity contribution >= 4 is 15.9 Å². The van der Waals surface area contributed by atoms with E-state index in [1.165, 1.54) is 44.0 Å². The molecule has 2 rings (SSSR count). The van der Waals surface area contributed by atoms with E-state index in [1.807, 2.05) is 0 Å². The fourth-order valence-corrected chi connectivity index (χ4v) is 3.98. The summed E-state index contributed by atoms with van der Waals surface area (Å²) in [4.78, 5) is 2.77. The van der Waals surface area contributed by atoms with E-state index in [9.17, 15) is 0 Å². The van der Waals surface area contributed by atoms with Crippen molar-refractivity contribution in [2.75, 3.05) is 11.9 Å². The molecule has 0 bridgehead atoms. The van der Waals surface area contributed by atoms with Gasteiger partial charge in [0, 0.05) is 17.4 Å². The lowest BCUT2D eigenvalue weighted by atomic mass is 10.0. The zero-order valence-electron chi connectivity index (χ0n) is 8.51. The topological polar surface area (TPSA) is 3.24 Å². The van der Waals surface area contributed by atoms with Crippen LogP contribution in [0.3, 0.4) is 0 Å². The Morgan fingerprint density at radius 3 is 2.54 bits per heavy atom.